The number of hydrogen-bond acceptors (Lipinski definition) is 5. The second-order valence-corrected chi connectivity index (χ2v) is 12.4. The zero-order chi connectivity index (χ0) is 28.1. The van der Waals surface area contributed by atoms with Crippen molar-refractivity contribution in [2.75, 3.05) is 40.5 Å². The lowest BCUT2D eigenvalue weighted by Crippen LogP contribution is -3.06. The molecule has 1 aromatic rings. The van der Waals surface area contributed by atoms with E-state index in [9.17, 15) is 14.3 Å². The SMILES string of the molecule is CCCCCCCCCCCCCCOc1ccc(CC(COP(=O)(O)OCC[NH+](C)C)CC(C)=O)cc1. The van der Waals surface area contributed by atoms with E-state index < -0.39 is 7.82 Å². The van der Waals surface area contributed by atoms with Crippen molar-refractivity contribution < 1.29 is 32.9 Å². The van der Waals surface area contributed by atoms with Crippen LogP contribution in [0, 0.1) is 5.92 Å². The lowest BCUT2D eigenvalue weighted by Gasteiger charge is -2.19. The van der Waals surface area contributed by atoms with Crippen molar-refractivity contribution in [2.45, 2.75) is 104 Å². The smallest absolute Gasteiger partial charge is 0.472 e. The number of phosphoric ester groups is 1. The van der Waals surface area contributed by atoms with Gasteiger partial charge in [-0.2, -0.15) is 0 Å². The number of hydrogen-bond donors (Lipinski definition) is 2. The summed E-state index contributed by atoms with van der Waals surface area (Å²) in [5.74, 6) is 0.655. The second kappa shape index (κ2) is 21.6. The molecular formula is C30H55NO6P+. The number of carbonyl (C=O) groups is 1. The molecule has 38 heavy (non-hydrogen) atoms. The molecule has 0 aromatic heterocycles. The molecule has 2 unspecified atom stereocenters. The fraction of sp³-hybridized carbons (Fsp3) is 0.767. The monoisotopic (exact) mass is 556 g/mol. The first-order chi connectivity index (χ1) is 18.2. The molecule has 0 amide bonds. The number of rotatable bonds is 25. The van der Waals surface area contributed by atoms with Crippen molar-refractivity contribution in [3.8, 4) is 5.75 Å². The lowest BCUT2D eigenvalue weighted by atomic mass is 9.95. The minimum Gasteiger partial charge on any atom is -0.494 e. The van der Waals surface area contributed by atoms with Crippen molar-refractivity contribution in [1.29, 1.82) is 0 Å². The Morgan fingerprint density at radius 3 is 1.95 bits per heavy atom. The van der Waals surface area contributed by atoms with E-state index in [1.165, 1.54) is 77.6 Å². The number of quaternary nitrogens is 1. The van der Waals surface area contributed by atoms with Gasteiger partial charge in [0.15, 0.2) is 0 Å². The summed E-state index contributed by atoms with van der Waals surface area (Å²) < 4.78 is 28.3. The Bertz CT molecular complexity index is 771. The molecule has 0 aliphatic heterocycles. The van der Waals surface area contributed by atoms with Crippen molar-refractivity contribution in [1.82, 2.24) is 0 Å². The first kappa shape index (κ1) is 34.8. The van der Waals surface area contributed by atoms with Crippen LogP contribution in [0.15, 0.2) is 24.3 Å². The predicted molar refractivity (Wildman–Crippen MR) is 155 cm³/mol. The number of carbonyl (C=O) groups excluding carboxylic acids is 1. The highest BCUT2D eigenvalue weighted by molar-refractivity contribution is 7.47. The Balaban J connectivity index is 2.26. The summed E-state index contributed by atoms with van der Waals surface area (Å²) in [6.45, 7) is 5.22. The molecular weight excluding hydrogens is 501 g/mol. The minimum atomic E-state index is -4.14. The highest BCUT2D eigenvalue weighted by Gasteiger charge is 2.24. The molecule has 0 spiro atoms. The van der Waals surface area contributed by atoms with E-state index in [2.05, 4.69) is 6.92 Å². The van der Waals surface area contributed by atoms with E-state index in [0.717, 1.165) is 29.2 Å². The maximum absolute atomic E-state index is 12.1. The molecule has 0 aliphatic rings. The number of phosphoric acid groups is 1. The van der Waals surface area contributed by atoms with Gasteiger partial charge in [-0.1, -0.05) is 89.7 Å². The Morgan fingerprint density at radius 2 is 1.42 bits per heavy atom. The molecule has 1 rings (SSSR count). The van der Waals surface area contributed by atoms with Gasteiger partial charge in [0.05, 0.1) is 27.3 Å². The summed E-state index contributed by atoms with van der Waals surface area (Å²) in [5.41, 5.74) is 1.03. The van der Waals surface area contributed by atoms with Gasteiger partial charge >= 0.3 is 7.82 Å². The molecule has 0 bridgehead atoms. The number of ketones is 1. The van der Waals surface area contributed by atoms with E-state index in [1.54, 1.807) is 0 Å². The Hall–Kier alpha value is -1.24. The maximum Gasteiger partial charge on any atom is 0.472 e. The Labute approximate surface area is 232 Å². The van der Waals surface area contributed by atoms with Gasteiger partial charge in [-0.3, -0.25) is 9.05 Å². The second-order valence-electron chi connectivity index (χ2n) is 10.9. The van der Waals surface area contributed by atoms with Gasteiger partial charge < -0.3 is 19.3 Å². The molecule has 2 N–H and O–H groups in total. The third-order valence-corrected chi connectivity index (χ3v) is 7.60. The molecule has 0 radical (unpaired) electrons. The van der Waals surface area contributed by atoms with Crippen LogP contribution in [0.2, 0.25) is 0 Å². The van der Waals surface area contributed by atoms with Crippen LogP contribution in [-0.2, 0) is 24.8 Å². The van der Waals surface area contributed by atoms with Crippen molar-refractivity contribution in [3.63, 3.8) is 0 Å². The fourth-order valence-electron chi connectivity index (χ4n) is 4.39. The number of benzene rings is 1. The summed E-state index contributed by atoms with van der Waals surface area (Å²) >= 11 is 0. The molecule has 0 saturated carbocycles. The van der Waals surface area contributed by atoms with Crippen LogP contribution in [0.25, 0.3) is 0 Å². The summed E-state index contributed by atoms with van der Waals surface area (Å²) in [6.07, 6.45) is 16.7. The summed E-state index contributed by atoms with van der Waals surface area (Å²) in [5, 5.41) is 0. The number of likely N-dealkylation sites (N-methyl/N-ethyl adjacent to an activating group) is 1. The van der Waals surface area contributed by atoms with Crippen LogP contribution >= 0.6 is 7.82 Å². The van der Waals surface area contributed by atoms with Gasteiger partial charge in [0, 0.05) is 6.42 Å². The Kier molecular flexibility index (Phi) is 19.7. The Morgan fingerprint density at radius 1 is 0.868 bits per heavy atom. The van der Waals surface area contributed by atoms with Crippen molar-refractivity contribution in [2.24, 2.45) is 5.92 Å². The fourth-order valence-corrected chi connectivity index (χ4v) is 5.18. The molecule has 0 heterocycles. The van der Waals surface area contributed by atoms with Crippen LogP contribution in [-0.4, -0.2) is 51.1 Å². The number of unbranched alkanes of at least 4 members (excludes halogenated alkanes) is 11. The number of nitrogens with one attached hydrogen (secondary N) is 1. The molecule has 8 heteroatoms. The quantitative estimate of drug-likeness (QED) is 0.110. The van der Waals surface area contributed by atoms with E-state index in [0.29, 0.717) is 13.0 Å². The van der Waals surface area contributed by atoms with Gasteiger partial charge in [0.2, 0.25) is 0 Å². The van der Waals surface area contributed by atoms with Gasteiger partial charge in [0.1, 0.15) is 24.7 Å². The van der Waals surface area contributed by atoms with Crippen LogP contribution in [0.4, 0.5) is 0 Å². The first-order valence-electron chi connectivity index (χ1n) is 14.8. The topological polar surface area (TPSA) is 86.5 Å². The largest absolute Gasteiger partial charge is 0.494 e. The van der Waals surface area contributed by atoms with Gasteiger partial charge in [-0.15, -0.1) is 0 Å². The van der Waals surface area contributed by atoms with E-state index in [4.69, 9.17) is 13.8 Å². The molecule has 0 saturated heterocycles. The molecule has 1 aromatic carbocycles. The zero-order valence-corrected chi connectivity index (χ0v) is 25.4. The van der Waals surface area contributed by atoms with Crippen LogP contribution in [0.3, 0.4) is 0 Å². The van der Waals surface area contributed by atoms with Crippen molar-refractivity contribution in [3.05, 3.63) is 29.8 Å². The molecule has 0 fully saturated rings. The molecule has 2 atom stereocenters. The maximum atomic E-state index is 12.1. The number of Topliss-reactive ketones (excluding diaryl/α,β-unsaturated/α-hetero) is 1. The third-order valence-electron chi connectivity index (χ3n) is 6.62. The predicted octanol–water partition coefficient (Wildman–Crippen LogP) is 6.18. The highest BCUT2D eigenvalue weighted by atomic mass is 31.2. The van der Waals surface area contributed by atoms with Crippen molar-refractivity contribution >= 4 is 13.6 Å². The van der Waals surface area contributed by atoms with Gasteiger partial charge in [-0.25, -0.2) is 4.57 Å². The van der Waals surface area contributed by atoms with E-state index in [-0.39, 0.29) is 31.3 Å². The minimum absolute atomic E-state index is 0.0145. The first-order valence-corrected chi connectivity index (χ1v) is 16.3. The number of ether oxygens (including phenoxy) is 1. The van der Waals surface area contributed by atoms with E-state index >= 15 is 0 Å². The zero-order valence-electron chi connectivity index (χ0n) is 24.6. The van der Waals surface area contributed by atoms with E-state index in [1.807, 2.05) is 38.4 Å². The van der Waals surface area contributed by atoms with Crippen LogP contribution < -0.4 is 9.64 Å². The lowest BCUT2D eigenvalue weighted by molar-refractivity contribution is -0.858. The summed E-state index contributed by atoms with van der Waals surface area (Å²) in [6, 6.07) is 7.87. The van der Waals surface area contributed by atoms with Gasteiger partial charge in [0.25, 0.3) is 0 Å². The van der Waals surface area contributed by atoms with Crippen LogP contribution in [0.1, 0.15) is 103 Å². The third kappa shape index (κ3) is 19.8. The average Bonchev–Trinajstić information content (AvgIpc) is 2.86. The summed E-state index contributed by atoms with van der Waals surface area (Å²) in [7, 11) is -0.266. The standard InChI is InChI=1S/C30H54NO6P/c1-5-6-7-8-9-10-11-12-13-14-15-16-22-35-30-19-17-28(18-20-30)25-29(24-27(2)32)26-37-38(33,34)36-23-21-31(3)4/h17-20,29H,5-16,21-26H2,1-4H3,(H,33,34)/p+1. The molecule has 7 nitrogen and oxygen atoms in total. The molecule has 220 valence electrons. The average molecular weight is 557 g/mol. The highest BCUT2D eigenvalue weighted by Crippen LogP contribution is 2.43. The summed E-state index contributed by atoms with van der Waals surface area (Å²) in [4.78, 5) is 22.8. The van der Waals surface area contributed by atoms with Gasteiger partial charge in [-0.05, 0) is 43.4 Å². The molecule has 0 aliphatic carbocycles. The normalized spacial score (nSPS) is 13.9. The van der Waals surface area contributed by atoms with Crippen LogP contribution in [0.5, 0.6) is 5.75 Å².